The number of hydrogen-bond donors (Lipinski definition) is 0. The van der Waals surface area contributed by atoms with Gasteiger partial charge in [-0.1, -0.05) is 36.4 Å². The fourth-order valence-corrected chi connectivity index (χ4v) is 2.47. The van der Waals surface area contributed by atoms with Crippen molar-refractivity contribution >= 4 is 17.2 Å². The van der Waals surface area contributed by atoms with Gasteiger partial charge in [-0.3, -0.25) is 9.36 Å². The second-order valence-electron chi connectivity index (χ2n) is 4.46. The van der Waals surface area contributed by atoms with Crippen LogP contribution in [0.4, 0.5) is 0 Å². The van der Waals surface area contributed by atoms with Crippen LogP contribution in [0.1, 0.15) is 17.3 Å². The lowest BCUT2D eigenvalue weighted by Gasteiger charge is -2.11. The molecular weight excluding hydrogens is 250 g/mol. The van der Waals surface area contributed by atoms with E-state index < -0.39 is 0 Å². The van der Waals surface area contributed by atoms with Gasteiger partial charge in [0.2, 0.25) is 5.88 Å². The fourth-order valence-electron chi connectivity index (χ4n) is 2.47. The molecular formula is C17H15NO2. The third-order valence-electron chi connectivity index (χ3n) is 3.28. The average molecular weight is 265 g/mol. The van der Waals surface area contributed by atoms with Gasteiger partial charge in [0.25, 0.3) is 0 Å². The van der Waals surface area contributed by atoms with Crippen LogP contribution in [0.15, 0.2) is 54.6 Å². The van der Waals surface area contributed by atoms with Gasteiger partial charge in [0.15, 0.2) is 6.29 Å². The third kappa shape index (κ3) is 1.88. The standard InChI is InChI=1S/C17H15NO2/c1-2-20-17-15(12-19)14-10-6-7-11-16(14)18(17)13-8-4-3-5-9-13/h3-12H,2H2,1H3. The van der Waals surface area contributed by atoms with Crippen LogP contribution in [0.5, 0.6) is 5.88 Å². The smallest absolute Gasteiger partial charge is 0.210 e. The zero-order chi connectivity index (χ0) is 13.9. The minimum Gasteiger partial charge on any atom is -0.478 e. The van der Waals surface area contributed by atoms with Crippen molar-refractivity contribution < 1.29 is 9.53 Å². The summed E-state index contributed by atoms with van der Waals surface area (Å²) in [7, 11) is 0. The Morgan fingerprint density at radius 2 is 1.75 bits per heavy atom. The van der Waals surface area contributed by atoms with Gasteiger partial charge < -0.3 is 4.74 Å². The van der Waals surface area contributed by atoms with E-state index in [1.54, 1.807) is 0 Å². The maximum Gasteiger partial charge on any atom is 0.210 e. The van der Waals surface area contributed by atoms with E-state index in [1.165, 1.54) is 0 Å². The first-order valence-corrected chi connectivity index (χ1v) is 6.63. The molecule has 0 unspecified atom stereocenters. The molecule has 0 spiro atoms. The van der Waals surface area contributed by atoms with Crippen LogP contribution in [0.2, 0.25) is 0 Å². The normalized spacial score (nSPS) is 10.7. The number of benzene rings is 2. The van der Waals surface area contributed by atoms with E-state index in [-0.39, 0.29) is 0 Å². The van der Waals surface area contributed by atoms with Crippen LogP contribution in [-0.4, -0.2) is 17.5 Å². The molecule has 3 rings (SSSR count). The Balaban J connectivity index is 2.39. The molecule has 0 bridgehead atoms. The first kappa shape index (κ1) is 12.5. The topological polar surface area (TPSA) is 31.2 Å². The SMILES string of the molecule is CCOc1c(C=O)c2ccccc2n1-c1ccccc1. The van der Waals surface area contributed by atoms with Gasteiger partial charge in [-0.25, -0.2) is 0 Å². The number of rotatable bonds is 4. The number of para-hydroxylation sites is 2. The molecule has 0 fully saturated rings. The minimum atomic E-state index is 0.518. The number of aldehydes is 1. The molecule has 0 N–H and O–H groups in total. The maximum atomic E-state index is 11.5. The van der Waals surface area contributed by atoms with Gasteiger partial charge in [-0.2, -0.15) is 0 Å². The molecule has 3 nitrogen and oxygen atoms in total. The van der Waals surface area contributed by atoms with E-state index in [1.807, 2.05) is 66.1 Å². The Kier molecular flexibility index (Phi) is 3.25. The van der Waals surface area contributed by atoms with Crippen molar-refractivity contribution in [2.24, 2.45) is 0 Å². The molecule has 2 aromatic carbocycles. The Hall–Kier alpha value is -2.55. The number of carbonyl (C=O) groups is 1. The summed E-state index contributed by atoms with van der Waals surface area (Å²) in [6.45, 7) is 2.44. The number of nitrogens with zero attached hydrogens (tertiary/aromatic N) is 1. The van der Waals surface area contributed by atoms with Crippen LogP contribution in [0, 0.1) is 0 Å². The van der Waals surface area contributed by atoms with Crippen molar-refractivity contribution in [3.63, 3.8) is 0 Å². The predicted molar refractivity (Wildman–Crippen MR) is 79.8 cm³/mol. The van der Waals surface area contributed by atoms with Gasteiger partial charge in [0.05, 0.1) is 17.7 Å². The zero-order valence-electron chi connectivity index (χ0n) is 11.2. The maximum absolute atomic E-state index is 11.5. The summed E-state index contributed by atoms with van der Waals surface area (Å²) in [5, 5.41) is 0.912. The van der Waals surface area contributed by atoms with E-state index in [9.17, 15) is 4.79 Å². The fraction of sp³-hybridized carbons (Fsp3) is 0.118. The lowest BCUT2D eigenvalue weighted by molar-refractivity contribution is 0.112. The van der Waals surface area contributed by atoms with Crippen molar-refractivity contribution in [2.45, 2.75) is 6.92 Å². The molecule has 0 saturated heterocycles. The highest BCUT2D eigenvalue weighted by molar-refractivity contribution is 6.01. The molecule has 3 aromatic rings. The van der Waals surface area contributed by atoms with E-state index >= 15 is 0 Å². The highest BCUT2D eigenvalue weighted by Crippen LogP contribution is 2.33. The average Bonchev–Trinajstić information content (AvgIpc) is 2.82. The largest absolute Gasteiger partial charge is 0.478 e. The summed E-state index contributed by atoms with van der Waals surface area (Å²) in [4.78, 5) is 11.5. The molecule has 0 saturated carbocycles. The van der Waals surface area contributed by atoms with Crippen molar-refractivity contribution in [3.05, 3.63) is 60.2 Å². The first-order valence-electron chi connectivity index (χ1n) is 6.63. The molecule has 0 aliphatic rings. The lowest BCUT2D eigenvalue weighted by Crippen LogP contribution is -2.02. The van der Waals surface area contributed by atoms with Gasteiger partial charge in [0.1, 0.15) is 0 Å². The Morgan fingerprint density at radius 1 is 1.05 bits per heavy atom. The molecule has 3 heteroatoms. The Morgan fingerprint density at radius 3 is 2.45 bits per heavy atom. The molecule has 100 valence electrons. The summed E-state index contributed by atoms with van der Waals surface area (Å²) in [6, 6.07) is 17.8. The number of hydrogen-bond acceptors (Lipinski definition) is 2. The number of aromatic nitrogens is 1. The van der Waals surface area contributed by atoms with Gasteiger partial charge in [-0.15, -0.1) is 0 Å². The molecule has 0 aliphatic heterocycles. The number of carbonyl (C=O) groups excluding carboxylic acids is 1. The summed E-state index contributed by atoms with van der Waals surface area (Å²) in [5.41, 5.74) is 2.57. The van der Waals surface area contributed by atoms with Crippen LogP contribution in [-0.2, 0) is 0 Å². The van der Waals surface area contributed by atoms with Crippen molar-refractivity contribution in [2.75, 3.05) is 6.61 Å². The Bertz CT molecular complexity index is 744. The predicted octanol–water partition coefficient (Wildman–Crippen LogP) is 3.84. The highest BCUT2D eigenvalue weighted by atomic mass is 16.5. The first-order chi connectivity index (χ1) is 9.86. The van der Waals surface area contributed by atoms with Crippen molar-refractivity contribution in [3.8, 4) is 11.6 Å². The van der Waals surface area contributed by atoms with E-state index in [4.69, 9.17) is 4.74 Å². The molecule has 0 amide bonds. The second-order valence-corrected chi connectivity index (χ2v) is 4.46. The third-order valence-corrected chi connectivity index (χ3v) is 3.28. The molecule has 20 heavy (non-hydrogen) atoms. The quantitative estimate of drug-likeness (QED) is 0.671. The molecule has 0 atom stereocenters. The van der Waals surface area contributed by atoms with E-state index in [2.05, 4.69) is 0 Å². The summed E-state index contributed by atoms with van der Waals surface area (Å²) in [6.07, 6.45) is 0.868. The monoisotopic (exact) mass is 265 g/mol. The lowest BCUT2D eigenvalue weighted by atomic mass is 10.2. The molecule has 0 radical (unpaired) electrons. The van der Waals surface area contributed by atoms with Crippen LogP contribution in [0.3, 0.4) is 0 Å². The molecule has 1 heterocycles. The van der Waals surface area contributed by atoms with Crippen molar-refractivity contribution in [1.29, 1.82) is 0 Å². The van der Waals surface area contributed by atoms with Gasteiger partial charge in [-0.05, 0) is 25.1 Å². The number of fused-ring (bicyclic) bond motifs is 1. The zero-order valence-corrected chi connectivity index (χ0v) is 11.2. The highest BCUT2D eigenvalue weighted by Gasteiger charge is 2.18. The van der Waals surface area contributed by atoms with Crippen LogP contribution >= 0.6 is 0 Å². The van der Waals surface area contributed by atoms with Gasteiger partial charge >= 0.3 is 0 Å². The molecule has 0 aliphatic carbocycles. The van der Waals surface area contributed by atoms with Gasteiger partial charge in [0, 0.05) is 11.1 Å². The van der Waals surface area contributed by atoms with E-state index in [0.717, 1.165) is 22.9 Å². The van der Waals surface area contributed by atoms with Crippen LogP contribution < -0.4 is 4.74 Å². The minimum absolute atomic E-state index is 0.518. The second kappa shape index (κ2) is 5.21. The summed E-state index contributed by atoms with van der Waals surface area (Å²) >= 11 is 0. The summed E-state index contributed by atoms with van der Waals surface area (Å²) < 4.78 is 7.72. The van der Waals surface area contributed by atoms with Crippen LogP contribution in [0.25, 0.3) is 16.6 Å². The molecule has 1 aromatic heterocycles. The van der Waals surface area contributed by atoms with Crippen molar-refractivity contribution in [1.82, 2.24) is 4.57 Å². The Labute approximate surface area is 117 Å². The van der Waals surface area contributed by atoms with E-state index in [0.29, 0.717) is 18.1 Å². The summed E-state index contributed by atoms with van der Waals surface area (Å²) in [5.74, 6) is 0.606. The number of ether oxygens (including phenoxy) is 1.